The minimum Gasteiger partial charge on any atom is -0.478 e. The minimum absolute atomic E-state index is 0.0649. The Labute approximate surface area is 155 Å². The second-order valence-corrected chi connectivity index (χ2v) is 7.35. The summed E-state index contributed by atoms with van der Waals surface area (Å²) >= 11 is 1.47. The van der Waals surface area contributed by atoms with Crippen molar-refractivity contribution in [2.45, 2.75) is 23.5 Å². The fourth-order valence-corrected chi connectivity index (χ4v) is 3.52. The van der Waals surface area contributed by atoms with Crippen molar-refractivity contribution >= 4 is 35.2 Å². The molecule has 3 rings (SSSR count). The monoisotopic (exact) mass is 370 g/mol. The normalized spacial score (nSPS) is 15.7. The number of rotatable bonds is 5. The van der Waals surface area contributed by atoms with Gasteiger partial charge in [-0.2, -0.15) is 0 Å². The number of fused-ring (bicyclic) bond motifs is 1. The third-order valence-electron chi connectivity index (χ3n) is 4.07. The van der Waals surface area contributed by atoms with Crippen molar-refractivity contribution in [3.05, 3.63) is 59.2 Å². The van der Waals surface area contributed by atoms with Crippen molar-refractivity contribution < 1.29 is 19.5 Å². The Kier molecular flexibility index (Phi) is 5.27. The molecule has 1 aliphatic heterocycles. The topological polar surface area (TPSA) is 95.5 Å². The zero-order valence-electron chi connectivity index (χ0n) is 14.1. The summed E-state index contributed by atoms with van der Waals surface area (Å²) in [5, 5.41) is 14.4. The third kappa shape index (κ3) is 4.05. The molecule has 1 atom stereocenters. The number of nitrogens with one attached hydrogen (secondary N) is 2. The number of aromatic carboxylic acids is 1. The van der Waals surface area contributed by atoms with Crippen molar-refractivity contribution in [3.63, 3.8) is 0 Å². The van der Waals surface area contributed by atoms with Crippen molar-refractivity contribution in [2.24, 2.45) is 0 Å². The standard InChI is InChI=1S/C19H18N2O4S/c1-11-17(22)21-15-10-14(6-7-16(15)26-11)18(23)20-9-8-12-2-4-13(5-3-12)19(24)25/h2-7,10-11H,8-9H2,1H3,(H,20,23)(H,21,22)(H,24,25)/t11-/m0/s1. The molecule has 2 amide bonds. The van der Waals surface area contributed by atoms with E-state index in [-0.39, 0.29) is 22.6 Å². The quantitative estimate of drug-likeness (QED) is 0.752. The summed E-state index contributed by atoms with van der Waals surface area (Å²) in [7, 11) is 0. The highest BCUT2D eigenvalue weighted by Crippen LogP contribution is 2.35. The number of benzene rings is 2. The minimum atomic E-state index is -0.961. The lowest BCUT2D eigenvalue weighted by Gasteiger charge is -2.21. The lowest BCUT2D eigenvalue weighted by Crippen LogP contribution is -2.28. The molecule has 0 saturated carbocycles. The SMILES string of the molecule is C[C@@H]1Sc2ccc(C(=O)NCCc3ccc(C(=O)O)cc3)cc2NC1=O. The van der Waals surface area contributed by atoms with Crippen LogP contribution in [0.4, 0.5) is 5.69 Å². The van der Waals surface area contributed by atoms with Crippen LogP contribution in [0.2, 0.25) is 0 Å². The Balaban J connectivity index is 1.58. The van der Waals surface area contributed by atoms with E-state index in [0.717, 1.165) is 10.5 Å². The number of carboxylic acids is 1. The zero-order valence-corrected chi connectivity index (χ0v) is 14.9. The molecule has 0 aromatic heterocycles. The molecule has 0 saturated heterocycles. The third-order valence-corrected chi connectivity index (χ3v) is 5.25. The molecular formula is C19H18N2O4S. The largest absolute Gasteiger partial charge is 0.478 e. The molecule has 0 spiro atoms. The molecule has 2 aromatic rings. The molecule has 0 fully saturated rings. The summed E-state index contributed by atoms with van der Waals surface area (Å²) in [4.78, 5) is 35.8. The summed E-state index contributed by atoms with van der Waals surface area (Å²) in [5.74, 6) is -1.24. The van der Waals surface area contributed by atoms with Crippen LogP contribution in [0.1, 0.15) is 33.2 Å². The van der Waals surface area contributed by atoms with Gasteiger partial charge in [0.05, 0.1) is 16.5 Å². The van der Waals surface area contributed by atoms with Crippen LogP contribution in [0.5, 0.6) is 0 Å². The smallest absolute Gasteiger partial charge is 0.335 e. The van der Waals surface area contributed by atoms with E-state index >= 15 is 0 Å². The number of carboxylic acid groups (broad SMARTS) is 1. The average Bonchev–Trinajstić information content (AvgIpc) is 2.62. The summed E-state index contributed by atoms with van der Waals surface area (Å²) in [6, 6.07) is 11.8. The van der Waals surface area contributed by atoms with Crippen LogP contribution in [-0.4, -0.2) is 34.7 Å². The summed E-state index contributed by atoms with van der Waals surface area (Å²) in [5.41, 5.74) is 2.33. The first-order valence-corrected chi connectivity index (χ1v) is 9.04. The number of amides is 2. The fourth-order valence-electron chi connectivity index (χ4n) is 2.59. The Morgan fingerprint density at radius 3 is 2.54 bits per heavy atom. The highest BCUT2D eigenvalue weighted by atomic mass is 32.2. The zero-order chi connectivity index (χ0) is 18.7. The second-order valence-electron chi connectivity index (χ2n) is 5.97. The van der Waals surface area contributed by atoms with E-state index in [1.165, 1.54) is 11.8 Å². The van der Waals surface area contributed by atoms with E-state index < -0.39 is 5.97 Å². The molecule has 0 aliphatic carbocycles. The van der Waals surface area contributed by atoms with E-state index in [1.54, 1.807) is 36.4 Å². The maximum absolute atomic E-state index is 12.3. The number of carbonyl (C=O) groups excluding carboxylic acids is 2. The second kappa shape index (κ2) is 7.61. The van der Waals surface area contributed by atoms with Gasteiger partial charge in [-0.1, -0.05) is 12.1 Å². The van der Waals surface area contributed by atoms with Crippen LogP contribution >= 0.6 is 11.8 Å². The molecule has 6 nitrogen and oxygen atoms in total. The average molecular weight is 370 g/mol. The molecule has 26 heavy (non-hydrogen) atoms. The maximum Gasteiger partial charge on any atom is 0.335 e. The van der Waals surface area contributed by atoms with Gasteiger partial charge >= 0.3 is 5.97 Å². The molecule has 7 heteroatoms. The van der Waals surface area contributed by atoms with Gasteiger partial charge in [0.2, 0.25) is 5.91 Å². The van der Waals surface area contributed by atoms with Crippen LogP contribution in [-0.2, 0) is 11.2 Å². The fraction of sp³-hybridized carbons (Fsp3) is 0.211. The lowest BCUT2D eigenvalue weighted by atomic mass is 10.1. The van der Waals surface area contributed by atoms with Crippen LogP contribution in [0.25, 0.3) is 0 Å². The Bertz CT molecular complexity index is 864. The van der Waals surface area contributed by atoms with Gasteiger partial charge in [0.15, 0.2) is 0 Å². The van der Waals surface area contributed by atoms with Crippen molar-refractivity contribution in [2.75, 3.05) is 11.9 Å². The van der Waals surface area contributed by atoms with E-state index in [1.807, 2.05) is 13.0 Å². The number of anilines is 1. The van der Waals surface area contributed by atoms with Gasteiger partial charge in [-0.15, -0.1) is 11.8 Å². The molecule has 0 unspecified atom stereocenters. The van der Waals surface area contributed by atoms with Gasteiger partial charge in [-0.3, -0.25) is 9.59 Å². The van der Waals surface area contributed by atoms with E-state index in [4.69, 9.17) is 5.11 Å². The Morgan fingerprint density at radius 1 is 1.15 bits per heavy atom. The summed E-state index contributed by atoms with van der Waals surface area (Å²) < 4.78 is 0. The summed E-state index contributed by atoms with van der Waals surface area (Å²) in [6.07, 6.45) is 0.598. The van der Waals surface area contributed by atoms with Gasteiger partial charge in [0, 0.05) is 17.0 Å². The van der Waals surface area contributed by atoms with E-state index in [0.29, 0.717) is 24.2 Å². The number of hydrogen-bond donors (Lipinski definition) is 3. The highest BCUT2D eigenvalue weighted by Gasteiger charge is 2.23. The van der Waals surface area contributed by atoms with Gasteiger partial charge in [0.1, 0.15) is 0 Å². The Morgan fingerprint density at radius 2 is 1.85 bits per heavy atom. The molecular weight excluding hydrogens is 352 g/mol. The lowest BCUT2D eigenvalue weighted by molar-refractivity contribution is -0.115. The maximum atomic E-state index is 12.3. The van der Waals surface area contributed by atoms with E-state index in [9.17, 15) is 14.4 Å². The first kappa shape index (κ1) is 18.0. The van der Waals surface area contributed by atoms with E-state index in [2.05, 4.69) is 10.6 Å². The summed E-state index contributed by atoms with van der Waals surface area (Å²) in [6.45, 7) is 2.27. The van der Waals surface area contributed by atoms with Crippen molar-refractivity contribution in [3.8, 4) is 0 Å². The van der Waals surface area contributed by atoms with Crippen molar-refractivity contribution in [1.82, 2.24) is 5.32 Å². The van der Waals surface area contributed by atoms with Gasteiger partial charge in [-0.05, 0) is 49.2 Å². The number of hydrogen-bond acceptors (Lipinski definition) is 4. The van der Waals surface area contributed by atoms with Gasteiger partial charge < -0.3 is 15.7 Å². The van der Waals surface area contributed by atoms with Crippen LogP contribution in [0.3, 0.4) is 0 Å². The molecule has 134 valence electrons. The predicted molar refractivity (Wildman–Crippen MR) is 99.8 cm³/mol. The van der Waals surface area contributed by atoms with Gasteiger partial charge in [-0.25, -0.2) is 4.79 Å². The van der Waals surface area contributed by atoms with Crippen LogP contribution < -0.4 is 10.6 Å². The number of carbonyl (C=O) groups is 3. The van der Waals surface area contributed by atoms with Crippen molar-refractivity contribution in [1.29, 1.82) is 0 Å². The molecule has 2 aromatic carbocycles. The number of thioether (sulfide) groups is 1. The molecule has 1 heterocycles. The van der Waals surface area contributed by atoms with Crippen LogP contribution in [0, 0.1) is 0 Å². The predicted octanol–water partition coefficient (Wildman–Crippen LogP) is 2.79. The first-order valence-electron chi connectivity index (χ1n) is 8.16. The first-order chi connectivity index (χ1) is 12.4. The molecule has 1 aliphatic rings. The van der Waals surface area contributed by atoms with Crippen LogP contribution in [0.15, 0.2) is 47.4 Å². The van der Waals surface area contributed by atoms with Gasteiger partial charge in [0.25, 0.3) is 5.91 Å². The molecule has 0 radical (unpaired) electrons. The Hall–Kier alpha value is -2.80. The molecule has 3 N–H and O–H groups in total. The molecule has 0 bridgehead atoms. The highest BCUT2D eigenvalue weighted by molar-refractivity contribution is 8.00.